The molecular formula is C12H19BrN4O2. The van der Waals surface area contributed by atoms with Gasteiger partial charge in [0.2, 0.25) is 11.8 Å². The third-order valence-corrected chi connectivity index (χ3v) is 3.70. The number of anilines is 1. The summed E-state index contributed by atoms with van der Waals surface area (Å²) in [6.45, 7) is 5.62. The molecule has 0 radical (unpaired) electrons. The summed E-state index contributed by atoms with van der Waals surface area (Å²) in [5.41, 5.74) is 0. The largest absolute Gasteiger partial charge is 0.480 e. The Morgan fingerprint density at radius 3 is 2.63 bits per heavy atom. The lowest BCUT2D eigenvalue weighted by molar-refractivity contribution is 0.143. The van der Waals surface area contributed by atoms with Crippen LogP contribution in [0, 0.1) is 0 Å². The number of hydrogen-bond acceptors (Lipinski definition) is 6. The SMILES string of the molecule is COCCN1CCN(c2ncc(Br)c(OC)n2)CC1. The van der Waals surface area contributed by atoms with E-state index in [2.05, 4.69) is 35.7 Å². The zero-order valence-corrected chi connectivity index (χ0v) is 12.9. The number of halogens is 1. The van der Waals surface area contributed by atoms with Crippen molar-refractivity contribution in [1.82, 2.24) is 14.9 Å². The second-order valence-electron chi connectivity index (χ2n) is 4.35. The van der Waals surface area contributed by atoms with E-state index in [4.69, 9.17) is 9.47 Å². The number of aromatic nitrogens is 2. The van der Waals surface area contributed by atoms with Crippen molar-refractivity contribution in [2.75, 3.05) is 58.5 Å². The van der Waals surface area contributed by atoms with Crippen LogP contribution in [0.2, 0.25) is 0 Å². The van der Waals surface area contributed by atoms with Gasteiger partial charge in [0.15, 0.2) is 0 Å². The third kappa shape index (κ3) is 3.77. The lowest BCUT2D eigenvalue weighted by Crippen LogP contribution is -2.47. The van der Waals surface area contributed by atoms with Crippen LogP contribution in [0.5, 0.6) is 5.88 Å². The smallest absolute Gasteiger partial charge is 0.232 e. The molecule has 2 heterocycles. The van der Waals surface area contributed by atoms with Crippen molar-refractivity contribution in [3.05, 3.63) is 10.7 Å². The van der Waals surface area contributed by atoms with E-state index < -0.39 is 0 Å². The number of nitrogens with zero attached hydrogens (tertiary/aromatic N) is 4. The first-order valence-electron chi connectivity index (χ1n) is 6.27. The van der Waals surface area contributed by atoms with Gasteiger partial charge < -0.3 is 14.4 Å². The summed E-state index contributed by atoms with van der Waals surface area (Å²) in [7, 11) is 3.34. The summed E-state index contributed by atoms with van der Waals surface area (Å²) < 4.78 is 11.1. The molecule has 1 aromatic rings. The normalized spacial score (nSPS) is 16.7. The lowest BCUT2D eigenvalue weighted by atomic mass is 10.3. The molecule has 19 heavy (non-hydrogen) atoms. The Labute approximate surface area is 121 Å². The number of rotatable bonds is 5. The van der Waals surface area contributed by atoms with E-state index in [9.17, 15) is 0 Å². The zero-order chi connectivity index (χ0) is 13.7. The van der Waals surface area contributed by atoms with Gasteiger partial charge in [0.05, 0.1) is 24.4 Å². The standard InChI is InChI=1S/C12H19BrN4O2/c1-18-8-7-16-3-5-17(6-4-16)12-14-9-10(13)11(15-12)19-2/h9H,3-8H2,1-2H3. The van der Waals surface area contributed by atoms with Crippen LogP contribution in [-0.4, -0.2) is 68.4 Å². The molecule has 0 spiro atoms. The molecule has 7 heteroatoms. The lowest BCUT2D eigenvalue weighted by Gasteiger charge is -2.34. The van der Waals surface area contributed by atoms with Gasteiger partial charge in [-0.3, -0.25) is 4.90 Å². The molecule has 1 aliphatic heterocycles. The Kier molecular flexibility index (Phi) is 5.35. The predicted octanol–water partition coefficient (Wildman–Crippen LogP) is 1.02. The fraction of sp³-hybridized carbons (Fsp3) is 0.667. The van der Waals surface area contributed by atoms with Gasteiger partial charge in [0.25, 0.3) is 0 Å². The van der Waals surface area contributed by atoms with Crippen molar-refractivity contribution in [2.45, 2.75) is 0 Å². The fourth-order valence-electron chi connectivity index (χ4n) is 2.03. The van der Waals surface area contributed by atoms with Gasteiger partial charge >= 0.3 is 0 Å². The third-order valence-electron chi connectivity index (χ3n) is 3.16. The molecule has 0 aliphatic carbocycles. The highest BCUT2D eigenvalue weighted by Crippen LogP contribution is 2.23. The highest BCUT2D eigenvalue weighted by atomic mass is 79.9. The first kappa shape index (κ1) is 14.5. The van der Waals surface area contributed by atoms with Gasteiger partial charge in [-0.2, -0.15) is 4.98 Å². The number of ether oxygens (including phenoxy) is 2. The van der Waals surface area contributed by atoms with E-state index in [0.29, 0.717) is 5.88 Å². The van der Waals surface area contributed by atoms with Gasteiger partial charge in [-0.15, -0.1) is 0 Å². The van der Waals surface area contributed by atoms with E-state index in [1.54, 1.807) is 20.4 Å². The van der Waals surface area contributed by atoms with E-state index >= 15 is 0 Å². The molecule has 1 aromatic heterocycles. The van der Waals surface area contributed by atoms with E-state index in [1.807, 2.05) is 0 Å². The van der Waals surface area contributed by atoms with Crippen LogP contribution in [0.15, 0.2) is 10.7 Å². The first-order valence-corrected chi connectivity index (χ1v) is 7.06. The molecule has 0 saturated carbocycles. The summed E-state index contributed by atoms with van der Waals surface area (Å²) in [6, 6.07) is 0. The predicted molar refractivity (Wildman–Crippen MR) is 76.8 cm³/mol. The van der Waals surface area contributed by atoms with Crippen molar-refractivity contribution in [3.8, 4) is 5.88 Å². The number of hydrogen-bond donors (Lipinski definition) is 0. The quantitative estimate of drug-likeness (QED) is 0.803. The van der Waals surface area contributed by atoms with Crippen LogP contribution in [0.25, 0.3) is 0 Å². The number of methoxy groups -OCH3 is 2. The molecule has 0 unspecified atom stereocenters. The minimum absolute atomic E-state index is 0.576. The van der Waals surface area contributed by atoms with Crippen LogP contribution in [0.1, 0.15) is 0 Å². The van der Waals surface area contributed by atoms with Crippen LogP contribution >= 0.6 is 15.9 Å². The maximum Gasteiger partial charge on any atom is 0.232 e. The van der Waals surface area contributed by atoms with Gasteiger partial charge in [-0.05, 0) is 15.9 Å². The Balaban J connectivity index is 1.94. The topological polar surface area (TPSA) is 50.7 Å². The van der Waals surface area contributed by atoms with Crippen LogP contribution < -0.4 is 9.64 Å². The Morgan fingerprint density at radius 2 is 2.00 bits per heavy atom. The molecular weight excluding hydrogens is 312 g/mol. The molecule has 0 bridgehead atoms. The molecule has 0 atom stereocenters. The summed E-state index contributed by atoms with van der Waals surface area (Å²) in [5, 5.41) is 0. The molecule has 1 saturated heterocycles. The van der Waals surface area contributed by atoms with Crippen molar-refractivity contribution in [2.24, 2.45) is 0 Å². The van der Waals surface area contributed by atoms with Crippen LogP contribution in [-0.2, 0) is 4.74 Å². The molecule has 6 nitrogen and oxygen atoms in total. The van der Waals surface area contributed by atoms with Gasteiger partial charge in [0, 0.05) is 39.8 Å². The van der Waals surface area contributed by atoms with Crippen molar-refractivity contribution >= 4 is 21.9 Å². The molecule has 106 valence electrons. The molecule has 2 rings (SSSR count). The second-order valence-corrected chi connectivity index (χ2v) is 5.20. The number of piperazine rings is 1. The summed E-state index contributed by atoms with van der Waals surface area (Å²) in [5.74, 6) is 1.30. The highest BCUT2D eigenvalue weighted by molar-refractivity contribution is 9.10. The van der Waals surface area contributed by atoms with E-state index in [-0.39, 0.29) is 0 Å². The Morgan fingerprint density at radius 1 is 1.26 bits per heavy atom. The van der Waals surface area contributed by atoms with Gasteiger partial charge in [-0.1, -0.05) is 0 Å². The molecule has 1 aliphatic rings. The first-order chi connectivity index (χ1) is 9.24. The fourth-order valence-corrected chi connectivity index (χ4v) is 2.38. The van der Waals surface area contributed by atoms with E-state index in [1.165, 1.54) is 0 Å². The van der Waals surface area contributed by atoms with Crippen LogP contribution in [0.4, 0.5) is 5.95 Å². The molecule has 0 aromatic carbocycles. The van der Waals surface area contributed by atoms with Crippen molar-refractivity contribution in [1.29, 1.82) is 0 Å². The van der Waals surface area contributed by atoms with Gasteiger partial charge in [0.1, 0.15) is 0 Å². The second kappa shape index (κ2) is 7.02. The van der Waals surface area contributed by atoms with Crippen molar-refractivity contribution in [3.63, 3.8) is 0 Å². The van der Waals surface area contributed by atoms with Crippen LogP contribution in [0.3, 0.4) is 0 Å². The highest BCUT2D eigenvalue weighted by Gasteiger charge is 2.19. The molecule has 0 N–H and O–H groups in total. The van der Waals surface area contributed by atoms with Gasteiger partial charge in [-0.25, -0.2) is 4.98 Å². The summed E-state index contributed by atoms with van der Waals surface area (Å²) in [4.78, 5) is 13.3. The maximum absolute atomic E-state index is 5.20. The Bertz CT molecular complexity index is 411. The average molecular weight is 331 g/mol. The summed E-state index contributed by atoms with van der Waals surface area (Å²) >= 11 is 3.36. The zero-order valence-electron chi connectivity index (χ0n) is 11.3. The van der Waals surface area contributed by atoms with Crippen molar-refractivity contribution < 1.29 is 9.47 Å². The van der Waals surface area contributed by atoms with E-state index in [0.717, 1.165) is 49.8 Å². The monoisotopic (exact) mass is 330 g/mol. The molecule has 1 fully saturated rings. The minimum atomic E-state index is 0.576. The average Bonchev–Trinajstić information content (AvgIpc) is 2.46. The Hall–Kier alpha value is -0.920. The minimum Gasteiger partial charge on any atom is -0.480 e. The maximum atomic E-state index is 5.20. The summed E-state index contributed by atoms with van der Waals surface area (Å²) in [6.07, 6.45) is 1.73. The molecule has 0 amide bonds.